The summed E-state index contributed by atoms with van der Waals surface area (Å²) < 4.78 is 41.3. The lowest BCUT2D eigenvalue weighted by Crippen LogP contribution is -1.98. The largest absolute Gasteiger partial charge is 0.744 e. The lowest BCUT2D eigenvalue weighted by atomic mass is 10.3. The Morgan fingerprint density at radius 1 is 0.950 bits per heavy atom. The van der Waals surface area contributed by atoms with Gasteiger partial charge >= 0.3 is 0 Å². The average Bonchev–Trinajstić information content (AvgIpc) is 2.33. The third-order valence-electron chi connectivity index (χ3n) is 2.30. The zero-order valence-corrected chi connectivity index (χ0v) is 16.9. The highest BCUT2D eigenvalue weighted by atomic mass is 127. The van der Waals surface area contributed by atoms with Crippen molar-refractivity contribution in [2.75, 3.05) is 0 Å². The van der Waals surface area contributed by atoms with Crippen molar-refractivity contribution in [3.63, 3.8) is 0 Å². The quantitative estimate of drug-likeness (QED) is 0.379. The molecule has 0 aromatic heterocycles. The van der Waals surface area contributed by atoms with E-state index in [2.05, 4.69) is 67.8 Å². The van der Waals surface area contributed by atoms with Crippen LogP contribution in [0.25, 0.3) is 0 Å². The monoisotopic (exact) mass is 627 g/mol. The summed E-state index contributed by atoms with van der Waals surface area (Å²) in [6, 6.07) is 9.38. The molecule has 0 aliphatic rings. The Kier molecular flexibility index (Phi) is 5.53. The van der Waals surface area contributed by atoms with E-state index in [9.17, 15) is 13.0 Å². The molecule has 0 bridgehead atoms. The number of halogens is 3. The number of hydrogen-bond donors (Lipinski definition) is 0. The van der Waals surface area contributed by atoms with E-state index in [4.69, 9.17) is 4.74 Å². The minimum atomic E-state index is -4.42. The zero-order chi connectivity index (χ0) is 14.9. The number of benzene rings is 2. The lowest BCUT2D eigenvalue weighted by Gasteiger charge is -2.12. The summed E-state index contributed by atoms with van der Waals surface area (Å²) in [5.41, 5.74) is 0. The predicted molar refractivity (Wildman–Crippen MR) is 99.1 cm³/mol. The van der Waals surface area contributed by atoms with Crippen LogP contribution in [-0.2, 0) is 10.1 Å². The second kappa shape index (κ2) is 6.62. The minimum absolute atomic E-state index is 0.267. The Balaban J connectivity index is 2.32. The molecule has 0 saturated heterocycles. The van der Waals surface area contributed by atoms with E-state index in [1.807, 2.05) is 12.1 Å². The first-order chi connectivity index (χ1) is 9.27. The van der Waals surface area contributed by atoms with Gasteiger partial charge in [0.25, 0.3) is 0 Å². The Labute approximate surface area is 157 Å². The van der Waals surface area contributed by atoms with Crippen LogP contribution in [0, 0.1) is 10.7 Å². The molecule has 0 fully saturated rings. The van der Waals surface area contributed by atoms with Gasteiger partial charge in [-0.2, -0.15) is 0 Å². The third kappa shape index (κ3) is 4.18. The van der Waals surface area contributed by atoms with E-state index in [-0.39, 0.29) is 4.90 Å². The van der Waals surface area contributed by atoms with Gasteiger partial charge in [-0.15, -0.1) is 0 Å². The second-order valence-corrected chi connectivity index (χ2v) is 8.68. The van der Waals surface area contributed by atoms with Gasteiger partial charge in [0.05, 0.1) is 12.0 Å². The molecule has 0 amide bonds. The van der Waals surface area contributed by atoms with E-state index in [0.717, 1.165) is 10.7 Å². The molecule has 0 heterocycles. The van der Waals surface area contributed by atoms with E-state index >= 15 is 0 Å². The van der Waals surface area contributed by atoms with Gasteiger partial charge in [-0.1, -0.05) is 0 Å². The molecule has 0 aliphatic heterocycles. The molecular formula is C12H6I3O4S-. The normalized spacial score (nSPS) is 11.4. The maximum Gasteiger partial charge on any atom is 0.154 e. The van der Waals surface area contributed by atoms with Crippen molar-refractivity contribution in [2.24, 2.45) is 0 Å². The highest BCUT2D eigenvalue weighted by Crippen LogP contribution is 2.33. The Hall–Kier alpha value is 0.340. The van der Waals surface area contributed by atoms with Crippen molar-refractivity contribution in [2.45, 2.75) is 4.90 Å². The van der Waals surface area contributed by atoms with E-state index in [1.165, 1.54) is 24.3 Å². The molecule has 0 N–H and O–H groups in total. The zero-order valence-electron chi connectivity index (χ0n) is 9.64. The van der Waals surface area contributed by atoms with Crippen molar-refractivity contribution in [3.8, 4) is 11.5 Å². The highest BCUT2D eigenvalue weighted by molar-refractivity contribution is 14.1. The second-order valence-electron chi connectivity index (χ2n) is 3.73. The standard InChI is InChI=1S/C12H7I3O4S/c13-7-5-10(14)12(11(15)6-7)19-8-1-3-9(4-2-8)20(16,17)18/h1-6H,(H,16,17,18)/p-1. The molecule has 106 valence electrons. The summed E-state index contributed by atoms with van der Waals surface area (Å²) in [4.78, 5) is -0.267. The van der Waals surface area contributed by atoms with Crippen LogP contribution in [0.1, 0.15) is 0 Å². The lowest BCUT2D eigenvalue weighted by molar-refractivity contribution is 0.461. The van der Waals surface area contributed by atoms with E-state index < -0.39 is 10.1 Å². The average molecular weight is 627 g/mol. The first-order valence-corrected chi connectivity index (χ1v) is 9.80. The molecule has 2 rings (SSSR count). The third-order valence-corrected chi connectivity index (χ3v) is 5.37. The van der Waals surface area contributed by atoms with Gasteiger partial charge in [-0.05, 0) is 104 Å². The fraction of sp³-hybridized carbons (Fsp3) is 0. The predicted octanol–water partition coefficient (Wildman–Crippen LogP) is 4.20. The topological polar surface area (TPSA) is 66.4 Å². The maximum atomic E-state index is 10.8. The maximum absolute atomic E-state index is 10.8. The van der Waals surface area contributed by atoms with Crippen LogP contribution < -0.4 is 4.74 Å². The Morgan fingerprint density at radius 2 is 1.45 bits per heavy atom. The van der Waals surface area contributed by atoms with E-state index in [0.29, 0.717) is 11.5 Å². The van der Waals surface area contributed by atoms with Crippen molar-refractivity contribution in [1.82, 2.24) is 0 Å². The summed E-state index contributed by atoms with van der Waals surface area (Å²) in [5.74, 6) is 1.19. The fourth-order valence-electron chi connectivity index (χ4n) is 1.42. The Bertz CT molecular complexity index is 719. The molecule has 0 radical (unpaired) electrons. The van der Waals surface area contributed by atoms with Crippen LogP contribution in [0.15, 0.2) is 41.3 Å². The molecule has 4 nitrogen and oxygen atoms in total. The first kappa shape index (κ1) is 16.7. The number of hydrogen-bond acceptors (Lipinski definition) is 4. The van der Waals surface area contributed by atoms with E-state index in [1.54, 1.807) is 0 Å². The van der Waals surface area contributed by atoms with Gasteiger partial charge in [0.2, 0.25) is 0 Å². The summed E-state index contributed by atoms with van der Waals surface area (Å²) in [7, 11) is -4.42. The van der Waals surface area contributed by atoms with Crippen molar-refractivity contribution < 1.29 is 17.7 Å². The van der Waals surface area contributed by atoms with Gasteiger partial charge in [-0.3, -0.25) is 0 Å². The summed E-state index contributed by atoms with van der Waals surface area (Å²) >= 11 is 6.58. The number of rotatable bonds is 3. The van der Waals surface area contributed by atoms with Gasteiger partial charge in [-0.25, -0.2) is 8.42 Å². The number of ether oxygens (including phenoxy) is 1. The molecule has 2 aromatic rings. The van der Waals surface area contributed by atoms with Crippen LogP contribution in [0.5, 0.6) is 11.5 Å². The molecule has 0 spiro atoms. The summed E-state index contributed by atoms with van der Waals surface area (Å²) in [5, 5.41) is 0. The van der Waals surface area contributed by atoms with Crippen molar-refractivity contribution in [1.29, 1.82) is 0 Å². The molecule has 2 aromatic carbocycles. The van der Waals surface area contributed by atoms with Crippen LogP contribution in [0.4, 0.5) is 0 Å². The summed E-state index contributed by atoms with van der Waals surface area (Å²) in [6.07, 6.45) is 0. The Morgan fingerprint density at radius 3 is 1.90 bits per heavy atom. The first-order valence-electron chi connectivity index (χ1n) is 5.16. The minimum Gasteiger partial charge on any atom is -0.744 e. The SMILES string of the molecule is O=S(=O)([O-])c1ccc(Oc2c(I)cc(I)cc2I)cc1. The molecule has 20 heavy (non-hydrogen) atoms. The van der Waals surface area contributed by atoms with Crippen molar-refractivity contribution >= 4 is 77.9 Å². The van der Waals surface area contributed by atoms with Gasteiger partial charge in [0, 0.05) is 3.57 Å². The summed E-state index contributed by atoms with van der Waals surface area (Å²) in [6.45, 7) is 0. The fourth-order valence-corrected chi connectivity index (χ4v) is 5.69. The molecular weight excluding hydrogens is 621 g/mol. The highest BCUT2D eigenvalue weighted by Gasteiger charge is 2.10. The van der Waals surface area contributed by atoms with Gasteiger partial charge in [0.15, 0.2) is 5.75 Å². The van der Waals surface area contributed by atoms with Crippen LogP contribution >= 0.6 is 67.8 Å². The molecule has 8 heteroatoms. The van der Waals surface area contributed by atoms with Gasteiger partial charge < -0.3 is 9.29 Å². The molecule has 0 aliphatic carbocycles. The van der Waals surface area contributed by atoms with Crippen molar-refractivity contribution in [3.05, 3.63) is 47.1 Å². The molecule has 0 unspecified atom stereocenters. The molecule has 0 saturated carbocycles. The molecule has 0 atom stereocenters. The van der Waals surface area contributed by atoms with Gasteiger partial charge in [0.1, 0.15) is 15.9 Å². The van der Waals surface area contributed by atoms with Crippen LogP contribution in [0.3, 0.4) is 0 Å². The van der Waals surface area contributed by atoms with Crippen LogP contribution in [-0.4, -0.2) is 13.0 Å². The smallest absolute Gasteiger partial charge is 0.154 e. The van der Waals surface area contributed by atoms with Crippen LogP contribution in [0.2, 0.25) is 0 Å².